The van der Waals surface area contributed by atoms with Crippen molar-refractivity contribution in [2.75, 3.05) is 19.6 Å². The molecule has 2 fully saturated rings. The Bertz CT molecular complexity index is 379. The third-order valence-corrected chi connectivity index (χ3v) is 3.89. The normalized spacial score (nSPS) is 31.3. The van der Waals surface area contributed by atoms with Gasteiger partial charge in [0.15, 0.2) is 0 Å². The third kappa shape index (κ3) is 3.68. The summed E-state index contributed by atoms with van der Waals surface area (Å²) in [6, 6.07) is 2.25. The van der Waals surface area contributed by atoms with Crippen LogP contribution in [0, 0.1) is 17.2 Å². The van der Waals surface area contributed by atoms with Gasteiger partial charge in [0.1, 0.15) is 5.54 Å². The van der Waals surface area contributed by atoms with Crippen LogP contribution in [0.25, 0.3) is 0 Å². The van der Waals surface area contributed by atoms with Crippen LogP contribution in [0.15, 0.2) is 0 Å². The van der Waals surface area contributed by atoms with Crippen LogP contribution in [-0.2, 0) is 9.53 Å². The van der Waals surface area contributed by atoms with E-state index in [-0.39, 0.29) is 18.1 Å². The van der Waals surface area contributed by atoms with Crippen LogP contribution in [0.5, 0.6) is 0 Å². The largest absolute Gasteiger partial charge is 0.373 e. The van der Waals surface area contributed by atoms with Gasteiger partial charge in [-0.2, -0.15) is 5.26 Å². The van der Waals surface area contributed by atoms with E-state index in [0.29, 0.717) is 12.5 Å². The fourth-order valence-corrected chi connectivity index (χ4v) is 2.83. The third-order valence-electron chi connectivity index (χ3n) is 3.89. The molecule has 0 radical (unpaired) electrons. The van der Waals surface area contributed by atoms with Crippen LogP contribution in [0.1, 0.15) is 33.6 Å². The van der Waals surface area contributed by atoms with E-state index < -0.39 is 5.54 Å². The second-order valence-corrected chi connectivity index (χ2v) is 6.09. The fourth-order valence-electron chi connectivity index (χ4n) is 2.83. The van der Waals surface area contributed by atoms with E-state index in [1.165, 1.54) is 0 Å². The Hall–Kier alpha value is -1.12. The summed E-state index contributed by atoms with van der Waals surface area (Å²) in [5.41, 5.74) is -0.694. The molecule has 0 bridgehead atoms. The van der Waals surface area contributed by atoms with Crippen LogP contribution in [0.3, 0.4) is 0 Å². The molecule has 5 nitrogen and oxygen atoms in total. The van der Waals surface area contributed by atoms with Gasteiger partial charge in [-0.25, -0.2) is 0 Å². The average Bonchev–Trinajstić information content (AvgIpc) is 3.10. The monoisotopic (exact) mass is 265 g/mol. The number of carbonyl (C=O) groups excluding carboxylic acids is 1. The molecule has 1 saturated carbocycles. The van der Waals surface area contributed by atoms with Crippen molar-refractivity contribution in [2.24, 2.45) is 5.92 Å². The summed E-state index contributed by atoms with van der Waals surface area (Å²) in [7, 11) is 0. The standard InChI is InChI=1S/C14H23N3O2/c1-10-6-17(7-11(2)19-10)8-13(18)16-14(3,9-15)12-4-5-12/h10-12H,4-8H2,1-3H3,(H,16,18)/t10-,11+,14-/m0/s1. The summed E-state index contributed by atoms with van der Waals surface area (Å²) in [6.45, 7) is 7.75. The number of nitrogens with zero attached hydrogens (tertiary/aromatic N) is 2. The Morgan fingerprint density at radius 2 is 2.00 bits per heavy atom. The molecule has 0 aromatic carbocycles. The van der Waals surface area contributed by atoms with Crippen LogP contribution in [-0.4, -0.2) is 48.2 Å². The molecule has 0 unspecified atom stereocenters. The van der Waals surface area contributed by atoms with Crippen molar-refractivity contribution in [3.8, 4) is 6.07 Å². The highest BCUT2D eigenvalue weighted by Gasteiger charge is 2.43. The molecule has 1 aliphatic carbocycles. The Morgan fingerprint density at radius 3 is 2.47 bits per heavy atom. The Kier molecular flexibility index (Phi) is 4.12. The first kappa shape index (κ1) is 14.3. The molecular formula is C14H23N3O2. The number of hydrogen-bond acceptors (Lipinski definition) is 4. The molecule has 1 amide bonds. The van der Waals surface area contributed by atoms with E-state index in [9.17, 15) is 10.1 Å². The molecule has 0 aromatic rings. The summed E-state index contributed by atoms with van der Waals surface area (Å²) in [5, 5.41) is 12.1. The van der Waals surface area contributed by atoms with E-state index in [1.54, 1.807) is 0 Å². The van der Waals surface area contributed by atoms with Gasteiger partial charge in [0.05, 0.1) is 24.8 Å². The topological polar surface area (TPSA) is 65.4 Å². The van der Waals surface area contributed by atoms with Crippen LogP contribution >= 0.6 is 0 Å². The minimum absolute atomic E-state index is 0.0581. The van der Waals surface area contributed by atoms with Crippen molar-refractivity contribution in [1.82, 2.24) is 10.2 Å². The second-order valence-electron chi connectivity index (χ2n) is 6.09. The van der Waals surface area contributed by atoms with Gasteiger partial charge in [0.25, 0.3) is 0 Å². The molecular weight excluding hydrogens is 242 g/mol. The molecule has 19 heavy (non-hydrogen) atoms. The SMILES string of the molecule is C[C@@H]1CN(CC(=O)N[C@@](C)(C#N)C2CC2)C[C@H](C)O1. The van der Waals surface area contributed by atoms with Crippen LogP contribution in [0.4, 0.5) is 0 Å². The van der Waals surface area contributed by atoms with Crippen molar-refractivity contribution >= 4 is 5.91 Å². The van der Waals surface area contributed by atoms with Gasteiger partial charge in [0, 0.05) is 13.1 Å². The summed E-state index contributed by atoms with van der Waals surface area (Å²) in [4.78, 5) is 14.2. The smallest absolute Gasteiger partial charge is 0.235 e. The molecule has 1 saturated heterocycles. The first-order chi connectivity index (χ1) is 8.93. The van der Waals surface area contributed by atoms with Crippen molar-refractivity contribution in [1.29, 1.82) is 5.26 Å². The van der Waals surface area contributed by atoms with Crippen LogP contribution in [0.2, 0.25) is 0 Å². The number of rotatable bonds is 4. The van der Waals surface area contributed by atoms with Gasteiger partial charge < -0.3 is 10.1 Å². The molecule has 2 aliphatic rings. The van der Waals surface area contributed by atoms with Gasteiger partial charge in [0.2, 0.25) is 5.91 Å². The minimum Gasteiger partial charge on any atom is -0.373 e. The Morgan fingerprint density at radius 1 is 1.42 bits per heavy atom. The van der Waals surface area contributed by atoms with E-state index in [0.717, 1.165) is 25.9 Å². The maximum Gasteiger partial charge on any atom is 0.235 e. The van der Waals surface area contributed by atoms with E-state index in [4.69, 9.17) is 4.74 Å². The highest BCUT2D eigenvalue weighted by atomic mass is 16.5. The highest BCUT2D eigenvalue weighted by molar-refractivity contribution is 5.79. The predicted octanol–water partition coefficient (Wildman–Crippen LogP) is 0.904. The van der Waals surface area contributed by atoms with Gasteiger partial charge in [-0.1, -0.05) is 0 Å². The molecule has 1 N–H and O–H groups in total. The van der Waals surface area contributed by atoms with Crippen molar-refractivity contribution in [2.45, 2.75) is 51.4 Å². The lowest BCUT2D eigenvalue weighted by molar-refractivity contribution is -0.127. The van der Waals surface area contributed by atoms with Gasteiger partial charge in [-0.3, -0.25) is 9.69 Å². The average molecular weight is 265 g/mol. The first-order valence-corrected chi connectivity index (χ1v) is 7.03. The maximum atomic E-state index is 12.1. The first-order valence-electron chi connectivity index (χ1n) is 7.03. The molecule has 106 valence electrons. The van der Waals surface area contributed by atoms with Gasteiger partial charge >= 0.3 is 0 Å². The van der Waals surface area contributed by atoms with Crippen LogP contribution < -0.4 is 5.32 Å². The summed E-state index contributed by atoms with van der Waals surface area (Å²) >= 11 is 0. The van der Waals surface area contributed by atoms with Gasteiger partial charge in [-0.05, 0) is 39.5 Å². The van der Waals surface area contributed by atoms with E-state index in [1.807, 2.05) is 20.8 Å². The van der Waals surface area contributed by atoms with E-state index in [2.05, 4.69) is 16.3 Å². The molecule has 1 heterocycles. The number of carbonyl (C=O) groups is 1. The number of ether oxygens (including phenoxy) is 1. The van der Waals surface area contributed by atoms with Crippen molar-refractivity contribution in [3.63, 3.8) is 0 Å². The zero-order valence-electron chi connectivity index (χ0n) is 12.0. The van der Waals surface area contributed by atoms with Crippen molar-refractivity contribution in [3.05, 3.63) is 0 Å². The number of hydrogen-bond donors (Lipinski definition) is 1. The molecule has 2 rings (SSSR count). The lowest BCUT2D eigenvalue weighted by Gasteiger charge is -2.35. The Balaban J connectivity index is 1.85. The number of nitrogens with one attached hydrogen (secondary N) is 1. The van der Waals surface area contributed by atoms with Crippen molar-refractivity contribution < 1.29 is 9.53 Å². The molecule has 5 heteroatoms. The quantitative estimate of drug-likeness (QED) is 0.820. The summed E-state index contributed by atoms with van der Waals surface area (Å²) < 4.78 is 5.64. The lowest BCUT2D eigenvalue weighted by Crippen LogP contribution is -2.53. The van der Waals surface area contributed by atoms with Gasteiger partial charge in [-0.15, -0.1) is 0 Å². The zero-order chi connectivity index (χ0) is 14.0. The Labute approximate surface area is 114 Å². The minimum atomic E-state index is -0.694. The van der Waals surface area contributed by atoms with E-state index >= 15 is 0 Å². The summed E-state index contributed by atoms with van der Waals surface area (Å²) in [6.07, 6.45) is 2.39. The number of morpholine rings is 1. The number of nitriles is 1. The number of amides is 1. The molecule has 0 spiro atoms. The lowest BCUT2D eigenvalue weighted by atomic mass is 9.98. The second kappa shape index (κ2) is 5.48. The molecule has 1 aliphatic heterocycles. The maximum absolute atomic E-state index is 12.1. The summed E-state index contributed by atoms with van der Waals surface area (Å²) in [5.74, 6) is 0.265. The zero-order valence-corrected chi connectivity index (χ0v) is 12.0. The highest BCUT2D eigenvalue weighted by Crippen LogP contribution is 2.39. The fraction of sp³-hybridized carbons (Fsp3) is 0.857. The molecule has 3 atom stereocenters. The molecule has 0 aromatic heterocycles. The predicted molar refractivity (Wildman–Crippen MR) is 71.3 cm³/mol.